The van der Waals surface area contributed by atoms with Crippen LogP contribution in [0.15, 0.2) is 0 Å². The summed E-state index contributed by atoms with van der Waals surface area (Å²) in [6.07, 6.45) is 3.38. The smallest absolute Gasteiger partial charge is 0.0619 e. The molecule has 1 aliphatic rings. The lowest BCUT2D eigenvalue weighted by Crippen LogP contribution is -2.45. The van der Waals surface area contributed by atoms with Crippen LogP contribution in [-0.2, 0) is 4.74 Å². The summed E-state index contributed by atoms with van der Waals surface area (Å²) in [5.74, 6) is 0. The van der Waals surface area contributed by atoms with E-state index in [1.165, 1.54) is 6.42 Å². The number of nitrogens with zero attached hydrogens (tertiary/aromatic N) is 1. The van der Waals surface area contributed by atoms with E-state index in [1.54, 1.807) is 0 Å². The van der Waals surface area contributed by atoms with Crippen LogP contribution in [0.3, 0.4) is 0 Å². The van der Waals surface area contributed by atoms with Gasteiger partial charge >= 0.3 is 0 Å². The van der Waals surface area contributed by atoms with Gasteiger partial charge in [0.15, 0.2) is 0 Å². The van der Waals surface area contributed by atoms with Gasteiger partial charge in [-0.2, -0.15) is 0 Å². The van der Waals surface area contributed by atoms with Crippen molar-refractivity contribution in [2.24, 2.45) is 0 Å². The molecule has 0 amide bonds. The molecule has 0 aromatic heterocycles. The zero-order valence-electron chi connectivity index (χ0n) is 11.5. The molecule has 1 aliphatic heterocycles. The van der Waals surface area contributed by atoms with Crippen LogP contribution in [-0.4, -0.2) is 61.5 Å². The Morgan fingerprint density at radius 3 is 2.82 bits per heavy atom. The monoisotopic (exact) mass is 244 g/mol. The normalized spacial score (nSPS) is 25.8. The Morgan fingerprint density at radius 2 is 2.24 bits per heavy atom. The number of aliphatic hydroxyl groups excluding tert-OH is 1. The minimum atomic E-state index is -0.114. The Kier molecular flexibility index (Phi) is 6.41. The Labute approximate surface area is 105 Å². The van der Waals surface area contributed by atoms with Gasteiger partial charge in [-0.1, -0.05) is 6.42 Å². The number of ether oxygens (including phenoxy) is 1. The third kappa shape index (κ3) is 4.92. The Hall–Kier alpha value is -0.160. The maximum absolute atomic E-state index is 9.29. The van der Waals surface area contributed by atoms with Crippen LogP contribution in [0.2, 0.25) is 0 Å². The first-order valence-corrected chi connectivity index (χ1v) is 6.73. The summed E-state index contributed by atoms with van der Waals surface area (Å²) in [6.45, 7) is 8.45. The first-order valence-electron chi connectivity index (χ1n) is 6.73. The van der Waals surface area contributed by atoms with Crippen molar-refractivity contribution in [1.29, 1.82) is 0 Å². The fourth-order valence-corrected chi connectivity index (χ4v) is 2.21. The zero-order valence-corrected chi connectivity index (χ0v) is 11.5. The molecule has 102 valence electrons. The molecule has 0 aromatic carbocycles. The van der Waals surface area contributed by atoms with Crippen LogP contribution in [0.4, 0.5) is 0 Å². The molecular formula is C13H28N2O2. The van der Waals surface area contributed by atoms with Gasteiger partial charge in [-0.25, -0.2) is 0 Å². The lowest BCUT2D eigenvalue weighted by molar-refractivity contribution is -0.00120. The average Bonchev–Trinajstić information content (AvgIpc) is 2.36. The summed E-state index contributed by atoms with van der Waals surface area (Å²) >= 11 is 0. The summed E-state index contributed by atoms with van der Waals surface area (Å²) < 4.78 is 5.42. The fourth-order valence-electron chi connectivity index (χ4n) is 2.21. The van der Waals surface area contributed by atoms with Crippen LogP contribution >= 0.6 is 0 Å². The molecule has 1 fully saturated rings. The molecule has 1 saturated heterocycles. The fraction of sp³-hybridized carbons (Fsp3) is 1.00. The van der Waals surface area contributed by atoms with Crippen molar-refractivity contribution in [2.75, 3.05) is 40.0 Å². The third-order valence-corrected chi connectivity index (χ3v) is 3.88. The summed E-state index contributed by atoms with van der Waals surface area (Å²) in [4.78, 5) is 2.50. The maximum atomic E-state index is 9.29. The van der Waals surface area contributed by atoms with Crippen LogP contribution in [0.5, 0.6) is 0 Å². The number of morpholine rings is 1. The van der Waals surface area contributed by atoms with Crippen molar-refractivity contribution in [3.05, 3.63) is 0 Å². The molecule has 4 nitrogen and oxygen atoms in total. The van der Waals surface area contributed by atoms with Gasteiger partial charge in [-0.15, -0.1) is 0 Å². The second kappa shape index (κ2) is 7.31. The molecule has 0 spiro atoms. The van der Waals surface area contributed by atoms with E-state index in [4.69, 9.17) is 4.74 Å². The van der Waals surface area contributed by atoms with Crippen LogP contribution < -0.4 is 5.32 Å². The molecule has 17 heavy (non-hydrogen) atoms. The molecule has 2 N–H and O–H groups in total. The van der Waals surface area contributed by atoms with E-state index in [0.29, 0.717) is 6.04 Å². The quantitative estimate of drug-likeness (QED) is 0.652. The maximum Gasteiger partial charge on any atom is 0.0619 e. The standard InChI is InChI=1S/C13H28N2O2/c1-12-10-17-9-8-15(12)7-5-4-6-13(2,11-16)14-3/h12,14,16H,4-11H2,1-3H3. The molecule has 1 heterocycles. The first kappa shape index (κ1) is 14.9. The highest BCUT2D eigenvalue weighted by molar-refractivity contribution is 4.80. The number of hydrogen-bond acceptors (Lipinski definition) is 4. The Morgan fingerprint density at radius 1 is 1.47 bits per heavy atom. The highest BCUT2D eigenvalue weighted by atomic mass is 16.5. The molecule has 2 unspecified atom stereocenters. The highest BCUT2D eigenvalue weighted by Crippen LogP contribution is 2.14. The lowest BCUT2D eigenvalue weighted by atomic mass is 9.96. The van der Waals surface area contributed by atoms with E-state index in [0.717, 1.165) is 39.1 Å². The van der Waals surface area contributed by atoms with Crippen molar-refractivity contribution >= 4 is 0 Å². The molecule has 0 aromatic rings. The zero-order chi connectivity index (χ0) is 12.7. The Bertz CT molecular complexity index is 208. The summed E-state index contributed by atoms with van der Waals surface area (Å²) in [5, 5.41) is 12.5. The second-order valence-electron chi connectivity index (χ2n) is 5.39. The second-order valence-corrected chi connectivity index (χ2v) is 5.39. The van der Waals surface area contributed by atoms with E-state index in [9.17, 15) is 5.11 Å². The van der Waals surface area contributed by atoms with E-state index in [2.05, 4.69) is 24.1 Å². The van der Waals surface area contributed by atoms with Crippen molar-refractivity contribution in [3.8, 4) is 0 Å². The molecule has 4 heteroatoms. The number of nitrogens with one attached hydrogen (secondary N) is 1. The Balaban J connectivity index is 2.15. The topological polar surface area (TPSA) is 44.7 Å². The van der Waals surface area contributed by atoms with E-state index < -0.39 is 0 Å². The summed E-state index contributed by atoms with van der Waals surface area (Å²) in [6, 6.07) is 0.553. The highest BCUT2D eigenvalue weighted by Gasteiger charge is 2.21. The SMILES string of the molecule is CNC(C)(CO)CCCCN1CCOCC1C. The van der Waals surface area contributed by atoms with Gasteiger partial charge in [0.2, 0.25) is 0 Å². The van der Waals surface area contributed by atoms with Crippen molar-refractivity contribution in [1.82, 2.24) is 10.2 Å². The van der Waals surface area contributed by atoms with Gasteiger partial charge in [0, 0.05) is 18.1 Å². The van der Waals surface area contributed by atoms with Gasteiger partial charge in [-0.05, 0) is 40.3 Å². The number of likely N-dealkylation sites (N-methyl/N-ethyl adjacent to an activating group) is 1. The number of rotatable bonds is 7. The largest absolute Gasteiger partial charge is 0.394 e. The van der Waals surface area contributed by atoms with E-state index in [1.807, 2.05) is 7.05 Å². The third-order valence-electron chi connectivity index (χ3n) is 3.88. The molecule has 2 atom stereocenters. The predicted molar refractivity (Wildman–Crippen MR) is 70.3 cm³/mol. The minimum Gasteiger partial charge on any atom is -0.394 e. The number of aliphatic hydroxyl groups is 1. The van der Waals surface area contributed by atoms with Gasteiger partial charge < -0.3 is 15.2 Å². The van der Waals surface area contributed by atoms with Gasteiger partial charge in [0.1, 0.15) is 0 Å². The van der Waals surface area contributed by atoms with Crippen LogP contribution in [0.25, 0.3) is 0 Å². The minimum absolute atomic E-state index is 0.114. The predicted octanol–water partition coefficient (Wildman–Crippen LogP) is 0.848. The molecular weight excluding hydrogens is 216 g/mol. The first-order chi connectivity index (χ1) is 8.11. The number of unbranched alkanes of at least 4 members (excludes halogenated alkanes) is 1. The molecule has 1 rings (SSSR count). The van der Waals surface area contributed by atoms with Crippen molar-refractivity contribution in [3.63, 3.8) is 0 Å². The van der Waals surface area contributed by atoms with Gasteiger partial charge in [0.05, 0.1) is 19.8 Å². The molecule has 0 bridgehead atoms. The van der Waals surface area contributed by atoms with Crippen LogP contribution in [0, 0.1) is 0 Å². The van der Waals surface area contributed by atoms with Gasteiger partial charge in [0.25, 0.3) is 0 Å². The lowest BCUT2D eigenvalue weighted by Gasteiger charge is -2.33. The number of hydrogen-bond donors (Lipinski definition) is 2. The molecule has 0 aliphatic carbocycles. The summed E-state index contributed by atoms with van der Waals surface area (Å²) in [5.41, 5.74) is -0.114. The van der Waals surface area contributed by atoms with Crippen molar-refractivity contribution < 1.29 is 9.84 Å². The van der Waals surface area contributed by atoms with Crippen LogP contribution in [0.1, 0.15) is 33.1 Å². The van der Waals surface area contributed by atoms with Crippen molar-refractivity contribution in [2.45, 2.75) is 44.7 Å². The summed E-state index contributed by atoms with van der Waals surface area (Å²) in [7, 11) is 1.92. The van der Waals surface area contributed by atoms with Gasteiger partial charge in [-0.3, -0.25) is 4.90 Å². The molecule has 0 radical (unpaired) electrons. The average molecular weight is 244 g/mol. The van der Waals surface area contributed by atoms with E-state index in [-0.39, 0.29) is 12.1 Å². The van der Waals surface area contributed by atoms with E-state index >= 15 is 0 Å². The molecule has 0 saturated carbocycles.